The number of carbonyl (C=O) groups excluding carboxylic acids is 2. The third-order valence-electron chi connectivity index (χ3n) is 5.06. The fourth-order valence-corrected chi connectivity index (χ4v) is 3.25. The Bertz CT molecular complexity index is 409. The second-order valence-corrected chi connectivity index (χ2v) is 7.08. The summed E-state index contributed by atoms with van der Waals surface area (Å²) in [4.78, 5) is 28.2. The van der Waals surface area contributed by atoms with Gasteiger partial charge in [-0.15, -0.1) is 12.4 Å². The van der Waals surface area contributed by atoms with Gasteiger partial charge in [-0.3, -0.25) is 14.5 Å². The second-order valence-electron chi connectivity index (χ2n) is 7.08. The number of likely N-dealkylation sites (N-methyl/N-ethyl adjacent to an activating group) is 1. The summed E-state index contributed by atoms with van der Waals surface area (Å²) >= 11 is 0. The standard InChI is InChI=1S/C17H32N4O2.ClH/c1-13(21-10-7-14(8-11-21)6-9-18-2)17(23)20(3)12-16(22)19-15-4-5-15;/h13-15,18H,4-12H2,1-3H3,(H,19,22);1H. The first-order chi connectivity index (χ1) is 11.0. The van der Waals surface area contributed by atoms with Crippen molar-refractivity contribution in [1.29, 1.82) is 0 Å². The maximum absolute atomic E-state index is 12.5. The van der Waals surface area contributed by atoms with Gasteiger partial charge in [0.2, 0.25) is 11.8 Å². The van der Waals surface area contributed by atoms with Crippen LogP contribution in [0.5, 0.6) is 0 Å². The van der Waals surface area contributed by atoms with Crippen molar-refractivity contribution in [3.63, 3.8) is 0 Å². The van der Waals surface area contributed by atoms with Crippen LogP contribution >= 0.6 is 12.4 Å². The molecular formula is C17H33ClN4O2. The summed E-state index contributed by atoms with van der Waals surface area (Å²) in [5.74, 6) is 0.772. The average molecular weight is 361 g/mol. The fourth-order valence-electron chi connectivity index (χ4n) is 3.25. The van der Waals surface area contributed by atoms with Gasteiger partial charge in [-0.05, 0) is 71.6 Å². The highest BCUT2D eigenvalue weighted by molar-refractivity contribution is 5.87. The van der Waals surface area contributed by atoms with Crippen LogP contribution in [0.3, 0.4) is 0 Å². The molecule has 0 spiro atoms. The molecule has 0 bridgehead atoms. The minimum Gasteiger partial charge on any atom is -0.352 e. The van der Waals surface area contributed by atoms with E-state index in [9.17, 15) is 9.59 Å². The minimum atomic E-state index is -0.140. The Morgan fingerprint density at radius 3 is 2.38 bits per heavy atom. The molecule has 0 radical (unpaired) electrons. The van der Waals surface area contributed by atoms with Crippen LogP contribution in [0.4, 0.5) is 0 Å². The van der Waals surface area contributed by atoms with Gasteiger partial charge in [-0.2, -0.15) is 0 Å². The zero-order valence-corrected chi connectivity index (χ0v) is 16.0. The fraction of sp³-hybridized carbons (Fsp3) is 0.882. The van der Waals surface area contributed by atoms with E-state index in [-0.39, 0.29) is 36.8 Å². The Balaban J connectivity index is 0.00000288. The number of halogens is 1. The van der Waals surface area contributed by atoms with Gasteiger partial charge < -0.3 is 15.5 Å². The van der Waals surface area contributed by atoms with E-state index in [1.54, 1.807) is 11.9 Å². The maximum atomic E-state index is 12.5. The third kappa shape index (κ3) is 6.57. The van der Waals surface area contributed by atoms with Crippen molar-refractivity contribution in [2.24, 2.45) is 5.92 Å². The van der Waals surface area contributed by atoms with Gasteiger partial charge >= 0.3 is 0 Å². The van der Waals surface area contributed by atoms with E-state index < -0.39 is 0 Å². The molecule has 0 aromatic carbocycles. The van der Waals surface area contributed by atoms with Gasteiger partial charge in [0, 0.05) is 13.1 Å². The number of nitrogens with one attached hydrogen (secondary N) is 2. The van der Waals surface area contributed by atoms with Crippen LogP contribution in [0.2, 0.25) is 0 Å². The van der Waals surface area contributed by atoms with E-state index in [2.05, 4.69) is 15.5 Å². The average Bonchev–Trinajstić information content (AvgIpc) is 3.35. The van der Waals surface area contributed by atoms with Crippen LogP contribution in [-0.4, -0.2) is 74.0 Å². The van der Waals surface area contributed by atoms with Gasteiger partial charge in [0.05, 0.1) is 12.6 Å². The van der Waals surface area contributed by atoms with Crippen LogP contribution in [0.1, 0.15) is 39.0 Å². The molecule has 2 fully saturated rings. The van der Waals surface area contributed by atoms with Gasteiger partial charge in [-0.1, -0.05) is 0 Å². The normalized spacial score (nSPS) is 20.1. The van der Waals surface area contributed by atoms with Gasteiger partial charge in [0.1, 0.15) is 0 Å². The maximum Gasteiger partial charge on any atom is 0.239 e. The zero-order valence-electron chi connectivity index (χ0n) is 15.2. The highest BCUT2D eigenvalue weighted by atomic mass is 35.5. The van der Waals surface area contributed by atoms with E-state index in [0.717, 1.165) is 51.2 Å². The predicted octanol–water partition coefficient (Wildman–Crippen LogP) is 0.855. The molecular weight excluding hydrogens is 328 g/mol. The lowest BCUT2D eigenvalue weighted by atomic mass is 9.92. The van der Waals surface area contributed by atoms with Crippen LogP contribution < -0.4 is 10.6 Å². The first kappa shape index (κ1) is 21.2. The van der Waals surface area contributed by atoms with Crippen molar-refractivity contribution in [3.05, 3.63) is 0 Å². The Morgan fingerprint density at radius 1 is 1.21 bits per heavy atom. The zero-order chi connectivity index (χ0) is 16.8. The van der Waals surface area contributed by atoms with Gasteiger partial charge in [-0.25, -0.2) is 0 Å². The van der Waals surface area contributed by atoms with Crippen molar-refractivity contribution in [3.8, 4) is 0 Å². The number of carbonyl (C=O) groups is 2. The quantitative estimate of drug-likeness (QED) is 0.673. The summed E-state index contributed by atoms with van der Waals surface area (Å²) in [6, 6.07) is 0.207. The number of amides is 2. The van der Waals surface area contributed by atoms with Crippen molar-refractivity contribution >= 4 is 24.2 Å². The summed E-state index contributed by atoms with van der Waals surface area (Å²) in [7, 11) is 3.72. The Kier molecular flexibility index (Phi) is 9.02. The lowest BCUT2D eigenvalue weighted by Gasteiger charge is -2.36. The molecule has 1 saturated carbocycles. The van der Waals surface area contributed by atoms with Crippen molar-refractivity contribution in [1.82, 2.24) is 20.4 Å². The van der Waals surface area contributed by atoms with Crippen LogP contribution in [-0.2, 0) is 9.59 Å². The van der Waals surface area contributed by atoms with Crippen molar-refractivity contribution < 1.29 is 9.59 Å². The Labute approximate surface area is 152 Å². The molecule has 1 saturated heterocycles. The predicted molar refractivity (Wildman–Crippen MR) is 98.4 cm³/mol. The molecule has 2 aliphatic rings. The van der Waals surface area contributed by atoms with E-state index in [0.29, 0.717) is 6.04 Å². The van der Waals surface area contributed by atoms with Crippen LogP contribution in [0.25, 0.3) is 0 Å². The SMILES string of the molecule is CNCCC1CCN(C(C)C(=O)N(C)CC(=O)NC2CC2)CC1.Cl. The molecule has 140 valence electrons. The molecule has 2 rings (SSSR count). The lowest BCUT2D eigenvalue weighted by molar-refractivity contribution is -0.139. The monoisotopic (exact) mass is 360 g/mol. The first-order valence-corrected chi connectivity index (χ1v) is 8.94. The second kappa shape index (κ2) is 10.2. The molecule has 0 aromatic rings. The molecule has 1 aliphatic heterocycles. The van der Waals surface area contributed by atoms with E-state index in [4.69, 9.17) is 0 Å². The summed E-state index contributed by atoms with van der Waals surface area (Å²) in [5, 5.41) is 6.14. The highest BCUT2D eigenvalue weighted by Gasteiger charge is 2.29. The highest BCUT2D eigenvalue weighted by Crippen LogP contribution is 2.22. The molecule has 1 unspecified atom stereocenters. The molecule has 0 aromatic heterocycles. The van der Waals surface area contributed by atoms with E-state index in [1.165, 1.54) is 6.42 Å². The largest absolute Gasteiger partial charge is 0.352 e. The smallest absolute Gasteiger partial charge is 0.239 e. The number of likely N-dealkylation sites (tertiary alicyclic amines) is 1. The molecule has 1 aliphatic carbocycles. The third-order valence-corrected chi connectivity index (χ3v) is 5.06. The summed E-state index contributed by atoms with van der Waals surface area (Å²) < 4.78 is 0. The van der Waals surface area contributed by atoms with Crippen molar-refractivity contribution in [2.75, 3.05) is 40.3 Å². The van der Waals surface area contributed by atoms with E-state index in [1.807, 2.05) is 14.0 Å². The molecule has 24 heavy (non-hydrogen) atoms. The Hall–Kier alpha value is -0.850. The van der Waals surface area contributed by atoms with Gasteiger partial charge in [0.15, 0.2) is 0 Å². The van der Waals surface area contributed by atoms with E-state index >= 15 is 0 Å². The summed E-state index contributed by atoms with van der Waals surface area (Å²) in [6.07, 6.45) is 5.68. The first-order valence-electron chi connectivity index (χ1n) is 8.94. The Morgan fingerprint density at radius 2 is 1.83 bits per heavy atom. The number of hydrogen-bond donors (Lipinski definition) is 2. The molecule has 2 amide bonds. The number of hydrogen-bond acceptors (Lipinski definition) is 4. The molecule has 2 N–H and O–H groups in total. The summed E-state index contributed by atoms with van der Waals surface area (Å²) in [6.45, 7) is 5.15. The summed E-state index contributed by atoms with van der Waals surface area (Å²) in [5.41, 5.74) is 0. The number of nitrogens with zero attached hydrogens (tertiary/aromatic N) is 2. The van der Waals surface area contributed by atoms with Crippen molar-refractivity contribution in [2.45, 2.75) is 51.1 Å². The van der Waals surface area contributed by atoms with Gasteiger partial charge in [0.25, 0.3) is 0 Å². The van der Waals surface area contributed by atoms with Crippen LogP contribution in [0, 0.1) is 5.92 Å². The number of rotatable bonds is 8. The molecule has 7 heteroatoms. The molecule has 6 nitrogen and oxygen atoms in total. The minimum absolute atomic E-state index is 0. The molecule has 1 heterocycles. The lowest BCUT2D eigenvalue weighted by Crippen LogP contribution is -2.50. The number of piperidine rings is 1. The topological polar surface area (TPSA) is 64.7 Å². The van der Waals surface area contributed by atoms with Crippen LogP contribution in [0.15, 0.2) is 0 Å². The molecule has 1 atom stereocenters.